The van der Waals surface area contributed by atoms with Gasteiger partial charge >= 0.3 is 0 Å². The van der Waals surface area contributed by atoms with Crippen molar-refractivity contribution in [1.29, 1.82) is 0 Å². The maximum absolute atomic E-state index is 12.7. The summed E-state index contributed by atoms with van der Waals surface area (Å²) in [4.78, 5) is 19.6. The predicted molar refractivity (Wildman–Crippen MR) is 105 cm³/mol. The van der Waals surface area contributed by atoms with Gasteiger partial charge < -0.3 is 0 Å². The van der Waals surface area contributed by atoms with Crippen LogP contribution < -0.4 is 5.32 Å². The third-order valence-corrected chi connectivity index (χ3v) is 6.61. The molecule has 1 atom stereocenters. The molecule has 0 radical (unpaired) electrons. The highest BCUT2D eigenvalue weighted by atomic mass is 32.1. The number of hydrogen-bond acceptors (Lipinski definition) is 4. The Hall–Kier alpha value is -1.98. The molecular weight excluding hydrogens is 348 g/mol. The summed E-state index contributed by atoms with van der Waals surface area (Å²) < 4.78 is 0. The lowest BCUT2D eigenvalue weighted by Crippen LogP contribution is -2.16. The molecule has 2 aromatic heterocycles. The van der Waals surface area contributed by atoms with Crippen LogP contribution in [0, 0.1) is 5.92 Å². The smallest absolute Gasteiger partial charge is 0.258 e. The molecule has 5 heteroatoms. The molecule has 1 amide bonds. The van der Waals surface area contributed by atoms with Crippen molar-refractivity contribution >= 4 is 33.7 Å². The van der Waals surface area contributed by atoms with E-state index in [-0.39, 0.29) is 5.91 Å². The molecule has 0 spiro atoms. The second-order valence-electron chi connectivity index (χ2n) is 6.65. The molecule has 1 aromatic carbocycles. The Kier molecular flexibility index (Phi) is 4.68. The molecule has 0 saturated carbocycles. The lowest BCUT2D eigenvalue weighted by Gasteiger charge is -2.18. The van der Waals surface area contributed by atoms with Crippen molar-refractivity contribution in [3.8, 4) is 0 Å². The molecule has 2 heterocycles. The minimum Gasteiger partial charge on any atom is -0.298 e. The monoisotopic (exact) mass is 368 g/mol. The fourth-order valence-corrected chi connectivity index (χ4v) is 5.36. The average Bonchev–Trinajstić information content (AvgIpc) is 3.22. The van der Waals surface area contributed by atoms with Gasteiger partial charge in [-0.2, -0.15) is 0 Å². The third-order valence-electron chi connectivity index (χ3n) is 4.64. The maximum atomic E-state index is 12.7. The van der Waals surface area contributed by atoms with Crippen LogP contribution >= 0.6 is 22.7 Å². The SMILES string of the molecule is CC1CCc2c(C(=O)Nc3ncc(Cc4ccccc4)s3)csc2C1. The molecule has 1 N–H and O–H groups in total. The molecule has 0 bridgehead atoms. The van der Waals surface area contributed by atoms with Gasteiger partial charge in [-0.15, -0.1) is 22.7 Å². The number of carbonyl (C=O) groups is 1. The van der Waals surface area contributed by atoms with Crippen molar-refractivity contribution in [3.05, 3.63) is 68.4 Å². The van der Waals surface area contributed by atoms with Gasteiger partial charge in [0.05, 0.1) is 5.56 Å². The molecular formula is C20H20N2OS2. The van der Waals surface area contributed by atoms with E-state index in [2.05, 4.69) is 29.4 Å². The van der Waals surface area contributed by atoms with Crippen LogP contribution in [0.1, 0.15) is 44.6 Å². The zero-order chi connectivity index (χ0) is 17.2. The zero-order valence-corrected chi connectivity index (χ0v) is 15.8. The molecule has 1 aliphatic carbocycles. The van der Waals surface area contributed by atoms with E-state index >= 15 is 0 Å². The molecule has 4 rings (SSSR count). The number of aromatic nitrogens is 1. The predicted octanol–water partition coefficient (Wildman–Crippen LogP) is 5.17. The van der Waals surface area contributed by atoms with Gasteiger partial charge in [-0.05, 0) is 36.3 Å². The number of fused-ring (bicyclic) bond motifs is 1. The number of carbonyl (C=O) groups excluding carboxylic acids is 1. The van der Waals surface area contributed by atoms with E-state index in [0.717, 1.165) is 35.6 Å². The number of rotatable bonds is 4. The van der Waals surface area contributed by atoms with E-state index in [0.29, 0.717) is 5.13 Å². The van der Waals surface area contributed by atoms with Gasteiger partial charge in [0.15, 0.2) is 5.13 Å². The van der Waals surface area contributed by atoms with E-state index in [1.807, 2.05) is 29.8 Å². The van der Waals surface area contributed by atoms with Gasteiger partial charge in [0.1, 0.15) is 0 Å². The van der Waals surface area contributed by atoms with E-state index in [1.54, 1.807) is 22.7 Å². The first kappa shape index (κ1) is 16.5. The summed E-state index contributed by atoms with van der Waals surface area (Å²) in [7, 11) is 0. The molecule has 0 fully saturated rings. The molecule has 128 valence electrons. The van der Waals surface area contributed by atoms with Crippen molar-refractivity contribution in [2.45, 2.75) is 32.6 Å². The summed E-state index contributed by atoms with van der Waals surface area (Å²) in [6.45, 7) is 2.28. The molecule has 1 unspecified atom stereocenters. The molecule has 1 aliphatic rings. The first-order valence-electron chi connectivity index (χ1n) is 8.58. The van der Waals surface area contributed by atoms with Gasteiger partial charge in [0, 0.05) is 27.8 Å². The van der Waals surface area contributed by atoms with Gasteiger partial charge in [0.25, 0.3) is 5.91 Å². The Balaban J connectivity index is 1.45. The van der Waals surface area contributed by atoms with E-state index in [4.69, 9.17) is 0 Å². The van der Waals surface area contributed by atoms with Crippen LogP contribution in [-0.2, 0) is 19.3 Å². The van der Waals surface area contributed by atoms with Crippen LogP contribution in [0.2, 0.25) is 0 Å². The summed E-state index contributed by atoms with van der Waals surface area (Å²) >= 11 is 3.28. The number of amides is 1. The summed E-state index contributed by atoms with van der Waals surface area (Å²) in [5.74, 6) is 0.703. The molecule has 0 saturated heterocycles. The number of nitrogens with zero attached hydrogens (tertiary/aromatic N) is 1. The first-order valence-corrected chi connectivity index (χ1v) is 10.3. The minimum atomic E-state index is -0.0207. The second-order valence-corrected chi connectivity index (χ2v) is 8.73. The first-order chi connectivity index (χ1) is 12.2. The van der Waals surface area contributed by atoms with Crippen molar-refractivity contribution in [2.75, 3.05) is 5.32 Å². The number of hydrogen-bond donors (Lipinski definition) is 1. The van der Waals surface area contributed by atoms with Crippen molar-refractivity contribution < 1.29 is 4.79 Å². The Morgan fingerprint density at radius 2 is 2.16 bits per heavy atom. The Morgan fingerprint density at radius 1 is 1.32 bits per heavy atom. The molecule has 25 heavy (non-hydrogen) atoms. The number of anilines is 1. The van der Waals surface area contributed by atoms with Gasteiger partial charge in [0.2, 0.25) is 0 Å². The fraction of sp³-hybridized carbons (Fsp3) is 0.300. The summed E-state index contributed by atoms with van der Waals surface area (Å²) in [6.07, 6.45) is 5.99. The number of benzene rings is 1. The Labute approximate surface area is 155 Å². The van der Waals surface area contributed by atoms with Crippen LogP contribution in [0.15, 0.2) is 41.9 Å². The fourth-order valence-electron chi connectivity index (χ4n) is 3.28. The lowest BCUT2D eigenvalue weighted by molar-refractivity contribution is 0.102. The highest BCUT2D eigenvalue weighted by Crippen LogP contribution is 2.33. The second kappa shape index (κ2) is 7.10. The number of thiazole rings is 1. The summed E-state index contributed by atoms with van der Waals surface area (Å²) in [6, 6.07) is 10.3. The van der Waals surface area contributed by atoms with Gasteiger partial charge in [-0.25, -0.2) is 4.98 Å². The highest BCUT2D eigenvalue weighted by molar-refractivity contribution is 7.15. The minimum absolute atomic E-state index is 0.0207. The molecule has 3 nitrogen and oxygen atoms in total. The summed E-state index contributed by atoms with van der Waals surface area (Å²) in [5.41, 5.74) is 3.35. The van der Waals surface area contributed by atoms with Gasteiger partial charge in [-0.1, -0.05) is 37.3 Å². The normalized spacial score (nSPS) is 16.4. The standard InChI is InChI=1S/C20H20N2OS2/c1-13-7-8-16-17(12-24-18(16)9-13)19(23)22-20-21-11-15(25-20)10-14-5-3-2-4-6-14/h2-6,11-13H,7-10H2,1H3,(H,21,22,23). The van der Waals surface area contributed by atoms with Crippen LogP contribution in [0.4, 0.5) is 5.13 Å². The topological polar surface area (TPSA) is 42.0 Å². The zero-order valence-electron chi connectivity index (χ0n) is 14.1. The van der Waals surface area contributed by atoms with Gasteiger partial charge in [-0.3, -0.25) is 10.1 Å². The van der Waals surface area contributed by atoms with Crippen molar-refractivity contribution in [2.24, 2.45) is 5.92 Å². The third kappa shape index (κ3) is 3.67. The lowest BCUT2D eigenvalue weighted by atomic mass is 9.88. The van der Waals surface area contributed by atoms with Crippen LogP contribution in [0.25, 0.3) is 0 Å². The highest BCUT2D eigenvalue weighted by Gasteiger charge is 2.23. The van der Waals surface area contributed by atoms with Crippen LogP contribution in [-0.4, -0.2) is 10.9 Å². The number of thiophene rings is 1. The van der Waals surface area contributed by atoms with Crippen molar-refractivity contribution in [1.82, 2.24) is 4.98 Å². The Bertz CT molecular complexity index is 882. The van der Waals surface area contributed by atoms with E-state index in [9.17, 15) is 4.79 Å². The maximum Gasteiger partial charge on any atom is 0.258 e. The average molecular weight is 369 g/mol. The summed E-state index contributed by atoms with van der Waals surface area (Å²) in [5, 5.41) is 5.68. The Morgan fingerprint density at radius 3 is 3.00 bits per heavy atom. The number of nitrogens with one attached hydrogen (secondary N) is 1. The van der Waals surface area contributed by atoms with E-state index < -0.39 is 0 Å². The molecule has 0 aliphatic heterocycles. The van der Waals surface area contributed by atoms with Crippen LogP contribution in [0.5, 0.6) is 0 Å². The van der Waals surface area contributed by atoms with Crippen molar-refractivity contribution in [3.63, 3.8) is 0 Å². The quantitative estimate of drug-likeness (QED) is 0.690. The largest absolute Gasteiger partial charge is 0.298 e. The molecule has 3 aromatic rings. The van der Waals surface area contributed by atoms with E-state index in [1.165, 1.54) is 22.4 Å². The van der Waals surface area contributed by atoms with Crippen LogP contribution in [0.3, 0.4) is 0 Å².